The van der Waals surface area contributed by atoms with Crippen LogP contribution < -0.4 is 4.90 Å². The molecule has 41 heavy (non-hydrogen) atoms. The zero-order chi connectivity index (χ0) is 29.1. The topological polar surface area (TPSA) is 84.0 Å². The van der Waals surface area contributed by atoms with E-state index in [1.54, 1.807) is 47.8 Å². The van der Waals surface area contributed by atoms with Gasteiger partial charge in [-0.05, 0) is 42.6 Å². The average molecular weight is 590 g/mol. The predicted octanol–water partition coefficient (Wildman–Crippen LogP) is 6.93. The van der Waals surface area contributed by atoms with Crippen LogP contribution in [-0.2, 0) is 14.8 Å². The lowest BCUT2D eigenvalue weighted by Gasteiger charge is -2.38. The van der Waals surface area contributed by atoms with Crippen molar-refractivity contribution in [2.45, 2.75) is 11.8 Å². The van der Waals surface area contributed by atoms with Crippen LogP contribution in [0.2, 0.25) is 0 Å². The second-order valence-electron chi connectivity index (χ2n) is 9.83. The van der Waals surface area contributed by atoms with Gasteiger partial charge in [-0.25, -0.2) is 26.0 Å². The molecule has 0 saturated carbocycles. The van der Waals surface area contributed by atoms with E-state index >= 15 is 0 Å². The van der Waals surface area contributed by atoms with Crippen LogP contribution in [0.25, 0.3) is 38.1 Å². The predicted molar refractivity (Wildman–Crippen MR) is 154 cm³/mol. The highest BCUT2D eigenvalue weighted by Gasteiger charge is 2.34. The first kappa shape index (κ1) is 26.7. The molecule has 3 aromatic carbocycles. The smallest absolute Gasteiger partial charge is 0.310 e. The third-order valence-corrected chi connectivity index (χ3v) is 9.79. The molecule has 0 radical (unpaired) electrons. The van der Waals surface area contributed by atoms with Gasteiger partial charge in [0.25, 0.3) is 10.0 Å². The van der Waals surface area contributed by atoms with Crippen LogP contribution in [-0.4, -0.2) is 36.6 Å². The van der Waals surface area contributed by atoms with Crippen molar-refractivity contribution in [3.8, 4) is 22.4 Å². The molecule has 1 N–H and O–H groups in total. The van der Waals surface area contributed by atoms with Gasteiger partial charge >= 0.3 is 5.97 Å². The van der Waals surface area contributed by atoms with Gasteiger partial charge in [0.15, 0.2) is 11.6 Å². The third kappa shape index (κ3) is 4.36. The van der Waals surface area contributed by atoms with Gasteiger partial charge in [-0.3, -0.25) is 4.79 Å². The Balaban J connectivity index is 1.70. The van der Waals surface area contributed by atoms with E-state index in [9.17, 15) is 27.1 Å². The van der Waals surface area contributed by atoms with E-state index in [0.29, 0.717) is 29.9 Å². The maximum atomic E-state index is 14.7. The summed E-state index contributed by atoms with van der Waals surface area (Å²) in [7, 11) is -4.36. The monoisotopic (exact) mass is 589 g/mol. The van der Waals surface area contributed by atoms with Crippen LogP contribution in [0, 0.1) is 31.0 Å². The quantitative estimate of drug-likeness (QED) is 0.217. The largest absolute Gasteiger partial charge is 0.481 e. The van der Waals surface area contributed by atoms with Crippen LogP contribution in [0.5, 0.6) is 0 Å². The molecule has 5 aromatic rings. The third-order valence-electron chi connectivity index (χ3n) is 7.26. The van der Waals surface area contributed by atoms with Gasteiger partial charge in [0, 0.05) is 46.9 Å². The molecule has 0 amide bonds. The van der Waals surface area contributed by atoms with Crippen molar-refractivity contribution in [2.75, 3.05) is 18.0 Å². The fourth-order valence-corrected chi connectivity index (χ4v) is 7.35. The minimum Gasteiger partial charge on any atom is -0.481 e. The Morgan fingerprint density at radius 2 is 1.76 bits per heavy atom. The lowest BCUT2D eigenvalue weighted by atomic mass is 9.97. The summed E-state index contributed by atoms with van der Waals surface area (Å²) < 4.78 is 59.1. The van der Waals surface area contributed by atoms with Crippen molar-refractivity contribution in [1.29, 1.82) is 0 Å². The van der Waals surface area contributed by atoms with Gasteiger partial charge in [-0.2, -0.15) is 11.3 Å². The molecule has 1 saturated heterocycles. The first-order chi connectivity index (χ1) is 19.6. The van der Waals surface area contributed by atoms with Gasteiger partial charge in [0.05, 0.1) is 28.6 Å². The van der Waals surface area contributed by atoms with E-state index in [1.807, 2.05) is 11.8 Å². The number of thiophene rings is 1. The summed E-state index contributed by atoms with van der Waals surface area (Å²) in [6.45, 7) is 10.1. The molecule has 1 aliphatic heterocycles. The van der Waals surface area contributed by atoms with Gasteiger partial charge in [-0.1, -0.05) is 35.9 Å². The summed E-state index contributed by atoms with van der Waals surface area (Å²) >= 11 is 1.16. The van der Waals surface area contributed by atoms with Gasteiger partial charge < -0.3 is 10.0 Å². The summed E-state index contributed by atoms with van der Waals surface area (Å²) in [4.78, 5) is 16.8. The summed E-state index contributed by atoms with van der Waals surface area (Å²) in [5.41, 5.74) is 2.69. The number of aryl methyl sites for hydroxylation is 1. The van der Waals surface area contributed by atoms with E-state index in [4.69, 9.17) is 6.57 Å². The summed E-state index contributed by atoms with van der Waals surface area (Å²) in [5, 5.41) is 11.4. The van der Waals surface area contributed by atoms with Crippen molar-refractivity contribution in [3.63, 3.8) is 0 Å². The van der Waals surface area contributed by atoms with Gasteiger partial charge in [0.2, 0.25) is 5.00 Å². The second kappa shape index (κ2) is 9.83. The molecule has 3 heterocycles. The summed E-state index contributed by atoms with van der Waals surface area (Å²) in [6, 6.07) is 16.6. The molecule has 1 fully saturated rings. The number of halogens is 2. The number of fused-ring (bicyclic) bond motifs is 1. The van der Waals surface area contributed by atoms with Crippen molar-refractivity contribution in [2.24, 2.45) is 5.92 Å². The fraction of sp³-hybridized carbons (Fsp3) is 0.133. The number of aliphatic carboxylic acids is 1. The summed E-state index contributed by atoms with van der Waals surface area (Å²) in [6.07, 6.45) is 0. The minimum absolute atomic E-state index is 0.0450. The Labute approximate surface area is 238 Å². The van der Waals surface area contributed by atoms with Crippen LogP contribution >= 0.6 is 11.3 Å². The van der Waals surface area contributed by atoms with Crippen molar-refractivity contribution >= 4 is 48.9 Å². The zero-order valence-corrected chi connectivity index (χ0v) is 23.1. The molecular formula is C30H21F2N3O4S2. The number of carboxylic acids is 1. The standard InChI is InChI=1S/C30H21F2N3O4S2/c1-17-6-8-21(9-7-17)41(38,39)35-26-14-25(32)24(31)13-23(26)27(22-10-11-40-29(22)33-2)28(35)18-4-3-5-20(12-18)34-15-19(16-34)30(36)37/h3-14,19H,15-16H2,1H3,(H,36,37). The first-order valence-electron chi connectivity index (χ1n) is 12.5. The van der Waals surface area contributed by atoms with E-state index in [2.05, 4.69) is 4.85 Å². The molecule has 0 aliphatic carbocycles. The Bertz CT molecular complexity index is 2000. The zero-order valence-electron chi connectivity index (χ0n) is 21.5. The minimum atomic E-state index is -4.36. The highest BCUT2D eigenvalue weighted by atomic mass is 32.2. The van der Waals surface area contributed by atoms with Gasteiger partial charge in [-0.15, -0.1) is 0 Å². The summed E-state index contributed by atoms with van der Waals surface area (Å²) in [5.74, 6) is -3.76. The van der Waals surface area contributed by atoms with Crippen molar-refractivity contribution in [3.05, 3.63) is 101 Å². The highest BCUT2D eigenvalue weighted by molar-refractivity contribution is 7.90. The molecule has 206 valence electrons. The van der Waals surface area contributed by atoms with E-state index in [-0.39, 0.29) is 32.1 Å². The van der Waals surface area contributed by atoms with Crippen molar-refractivity contribution < 1.29 is 27.1 Å². The van der Waals surface area contributed by atoms with E-state index in [1.165, 1.54) is 12.1 Å². The molecule has 0 unspecified atom stereocenters. The lowest BCUT2D eigenvalue weighted by molar-refractivity contribution is -0.142. The van der Waals surface area contributed by atoms with E-state index < -0.39 is 33.5 Å². The Hall–Kier alpha value is -4.53. The SMILES string of the molecule is [C-]#[N+]c1sccc1-c1c(-c2cccc(N3CC(C(=O)O)C3)c2)n(S(=O)(=O)c2ccc(C)cc2)c2cc(F)c(F)cc12. The van der Waals surface area contributed by atoms with Crippen LogP contribution in [0.15, 0.2) is 77.0 Å². The molecule has 0 atom stereocenters. The van der Waals surface area contributed by atoms with E-state index in [0.717, 1.165) is 33.0 Å². The number of hydrogen-bond donors (Lipinski definition) is 1. The lowest BCUT2D eigenvalue weighted by Crippen LogP contribution is -2.50. The number of rotatable bonds is 6. The number of anilines is 1. The Morgan fingerprint density at radius 1 is 1.05 bits per heavy atom. The number of aromatic nitrogens is 1. The fourth-order valence-electron chi connectivity index (χ4n) is 5.13. The molecule has 2 aromatic heterocycles. The second-order valence-corrected chi connectivity index (χ2v) is 12.5. The maximum absolute atomic E-state index is 14.7. The maximum Gasteiger partial charge on any atom is 0.310 e. The molecule has 0 spiro atoms. The number of benzene rings is 3. The molecular weight excluding hydrogens is 568 g/mol. The Kier molecular flexibility index (Phi) is 6.40. The molecule has 7 nitrogen and oxygen atoms in total. The number of carbonyl (C=O) groups is 1. The normalized spacial score (nSPS) is 13.8. The molecule has 6 rings (SSSR count). The van der Waals surface area contributed by atoms with Gasteiger partial charge in [0.1, 0.15) is 0 Å². The molecule has 1 aliphatic rings. The number of carboxylic acid groups (broad SMARTS) is 1. The average Bonchev–Trinajstić information content (AvgIpc) is 3.50. The Morgan fingerprint density at radius 3 is 2.44 bits per heavy atom. The van der Waals surface area contributed by atoms with Crippen LogP contribution in [0.3, 0.4) is 0 Å². The molecule has 11 heteroatoms. The highest BCUT2D eigenvalue weighted by Crippen LogP contribution is 2.48. The van der Waals surface area contributed by atoms with Crippen LogP contribution in [0.4, 0.5) is 19.5 Å². The van der Waals surface area contributed by atoms with Crippen LogP contribution in [0.1, 0.15) is 5.56 Å². The van der Waals surface area contributed by atoms with Crippen molar-refractivity contribution in [1.82, 2.24) is 3.97 Å². The molecule has 0 bridgehead atoms. The number of nitrogens with zero attached hydrogens (tertiary/aromatic N) is 3. The number of hydrogen-bond acceptors (Lipinski definition) is 5. The first-order valence-corrected chi connectivity index (χ1v) is 14.8.